The third-order valence-electron chi connectivity index (χ3n) is 11.0. The molecule has 66 heavy (non-hydrogen) atoms. The van der Waals surface area contributed by atoms with E-state index in [4.69, 9.17) is 9.47 Å². The fourth-order valence-corrected chi connectivity index (χ4v) is 6.94. The van der Waals surface area contributed by atoms with E-state index in [1.807, 2.05) is 6.08 Å². The number of aliphatic hydroxyl groups is 5. The Morgan fingerprint density at radius 1 is 0.530 bits per heavy atom. The van der Waals surface area contributed by atoms with Crippen molar-refractivity contribution in [2.24, 2.45) is 0 Å². The van der Waals surface area contributed by atoms with E-state index in [0.717, 1.165) is 83.5 Å². The maximum absolute atomic E-state index is 13.0. The van der Waals surface area contributed by atoms with Crippen LogP contribution < -0.4 is 5.32 Å². The minimum absolute atomic E-state index is 0.234. The van der Waals surface area contributed by atoms with Crippen molar-refractivity contribution in [2.45, 2.75) is 204 Å². The van der Waals surface area contributed by atoms with Crippen molar-refractivity contribution in [3.63, 3.8) is 0 Å². The Balaban J connectivity index is 2.36. The molecule has 7 atom stereocenters. The van der Waals surface area contributed by atoms with Crippen molar-refractivity contribution < 1.29 is 39.8 Å². The first kappa shape index (κ1) is 60.3. The van der Waals surface area contributed by atoms with Crippen LogP contribution in [0.1, 0.15) is 162 Å². The SMILES string of the molecule is CC/C=C\C/C=C\C/C=C\C/C=C\C/C=C\C/C=C\C/C=C\C/C=C\C/C=C\CCCC(=O)NC(COC1OC(CO)C(O)C(O)C1O)C(O)/C=C/CC/C=C/CCCCCCCCCC. The van der Waals surface area contributed by atoms with Gasteiger partial charge >= 0.3 is 0 Å². The zero-order chi connectivity index (χ0) is 48.0. The van der Waals surface area contributed by atoms with Gasteiger partial charge in [-0.15, -0.1) is 0 Å². The van der Waals surface area contributed by atoms with Crippen LogP contribution >= 0.6 is 0 Å². The fourth-order valence-electron chi connectivity index (χ4n) is 6.94. The van der Waals surface area contributed by atoms with Crippen molar-refractivity contribution >= 4 is 5.91 Å². The molecule has 7 unspecified atom stereocenters. The average molecular weight is 918 g/mol. The Morgan fingerprint density at radius 3 is 1.45 bits per heavy atom. The number of hydrogen-bond acceptors (Lipinski definition) is 8. The first-order valence-electron chi connectivity index (χ1n) is 25.4. The van der Waals surface area contributed by atoms with Gasteiger partial charge in [0.2, 0.25) is 5.91 Å². The molecule has 372 valence electrons. The molecule has 9 heteroatoms. The summed E-state index contributed by atoms with van der Waals surface area (Å²) in [5.74, 6) is -0.252. The lowest BCUT2D eigenvalue weighted by Crippen LogP contribution is -2.60. The quantitative estimate of drug-likeness (QED) is 0.0263. The highest BCUT2D eigenvalue weighted by atomic mass is 16.7. The standard InChI is InChI=1S/C57H91NO8/c1-3-5-7-9-11-13-15-17-19-20-21-22-23-24-25-26-27-28-29-30-31-32-33-35-37-39-41-43-45-47-53(61)58-50(49-65-57-56(64)55(63)54(62)52(48-59)66-57)51(60)46-44-42-40-38-36-34-18-16-14-12-10-8-6-4-2/h5,7,11,13,17,19,21-22,24-25,27-28,30-31,33,35-36,38-39,41,44,46,50-52,54-57,59-60,62-64H,3-4,6,8-10,12,14-16,18,20,23,26,29,32,34,37,40,42-43,45,47-49H2,1-2H3,(H,58,61)/b7-5-,13-11-,19-17-,22-21-,25-24-,28-27-,31-30-,35-33-,38-36+,41-39-,46-44+. The molecule has 0 spiro atoms. The van der Waals surface area contributed by atoms with Crippen molar-refractivity contribution in [3.05, 3.63) is 134 Å². The Hall–Kier alpha value is -3.67. The first-order chi connectivity index (χ1) is 32.3. The number of rotatable bonds is 40. The largest absolute Gasteiger partial charge is 0.394 e. The summed E-state index contributed by atoms with van der Waals surface area (Å²) in [6.45, 7) is 3.58. The number of ether oxygens (including phenoxy) is 2. The zero-order valence-electron chi connectivity index (χ0n) is 40.9. The minimum Gasteiger partial charge on any atom is -0.394 e. The molecule has 1 amide bonds. The molecule has 1 heterocycles. The summed E-state index contributed by atoms with van der Waals surface area (Å²) in [4.78, 5) is 13.0. The molecule has 0 aromatic carbocycles. The van der Waals surface area contributed by atoms with E-state index < -0.39 is 49.5 Å². The minimum atomic E-state index is -1.59. The summed E-state index contributed by atoms with van der Waals surface area (Å²) in [7, 11) is 0. The van der Waals surface area contributed by atoms with Gasteiger partial charge in [0.25, 0.3) is 0 Å². The van der Waals surface area contributed by atoms with Gasteiger partial charge in [0.1, 0.15) is 24.4 Å². The van der Waals surface area contributed by atoms with Crippen LogP contribution in [0.5, 0.6) is 0 Å². The normalized spacial score (nSPS) is 21.0. The number of unbranched alkanes of at least 4 members (excludes halogenated alkanes) is 10. The second-order valence-corrected chi connectivity index (χ2v) is 16.9. The van der Waals surface area contributed by atoms with Gasteiger partial charge in [-0.3, -0.25) is 4.79 Å². The number of nitrogens with one attached hydrogen (secondary N) is 1. The highest BCUT2D eigenvalue weighted by Gasteiger charge is 2.44. The number of allylic oxidation sites excluding steroid dienone is 21. The second kappa shape index (κ2) is 45.1. The van der Waals surface area contributed by atoms with Crippen LogP contribution in [0.3, 0.4) is 0 Å². The molecule has 0 bridgehead atoms. The lowest BCUT2D eigenvalue weighted by molar-refractivity contribution is -0.302. The Morgan fingerprint density at radius 2 is 0.955 bits per heavy atom. The molecule has 0 aromatic rings. The zero-order valence-corrected chi connectivity index (χ0v) is 40.9. The number of hydrogen-bond donors (Lipinski definition) is 6. The summed E-state index contributed by atoms with van der Waals surface area (Å²) < 4.78 is 11.2. The molecule has 0 aliphatic carbocycles. The van der Waals surface area contributed by atoms with E-state index in [9.17, 15) is 30.3 Å². The third kappa shape index (κ3) is 34.6. The van der Waals surface area contributed by atoms with Gasteiger partial charge in [0.05, 0.1) is 25.4 Å². The van der Waals surface area contributed by atoms with E-state index >= 15 is 0 Å². The smallest absolute Gasteiger partial charge is 0.220 e. The monoisotopic (exact) mass is 918 g/mol. The van der Waals surface area contributed by atoms with Gasteiger partial charge in [0, 0.05) is 6.42 Å². The van der Waals surface area contributed by atoms with Crippen LogP contribution in [0, 0.1) is 0 Å². The molecule has 0 saturated carbocycles. The van der Waals surface area contributed by atoms with Crippen molar-refractivity contribution in [2.75, 3.05) is 13.2 Å². The van der Waals surface area contributed by atoms with Crippen LogP contribution in [0.25, 0.3) is 0 Å². The maximum atomic E-state index is 13.0. The summed E-state index contributed by atoms with van der Waals surface area (Å²) in [6, 6.07) is -0.862. The summed E-state index contributed by atoms with van der Waals surface area (Å²) in [5, 5.41) is 54.2. The van der Waals surface area contributed by atoms with Crippen molar-refractivity contribution in [1.29, 1.82) is 0 Å². The van der Waals surface area contributed by atoms with E-state index in [-0.39, 0.29) is 18.9 Å². The van der Waals surface area contributed by atoms with Gasteiger partial charge in [-0.25, -0.2) is 0 Å². The van der Waals surface area contributed by atoms with E-state index in [1.54, 1.807) is 6.08 Å². The van der Waals surface area contributed by atoms with E-state index in [1.165, 1.54) is 51.4 Å². The predicted molar refractivity (Wildman–Crippen MR) is 276 cm³/mol. The molecule has 6 N–H and O–H groups in total. The molecule has 1 rings (SSSR count). The Labute approximate surface area is 400 Å². The highest BCUT2D eigenvalue weighted by Crippen LogP contribution is 2.22. The summed E-state index contributed by atoms with van der Waals surface area (Å²) in [5.41, 5.74) is 0. The van der Waals surface area contributed by atoms with E-state index in [2.05, 4.69) is 141 Å². The molecule has 0 radical (unpaired) electrons. The molecule has 1 aliphatic heterocycles. The van der Waals surface area contributed by atoms with Gasteiger partial charge in [0.15, 0.2) is 6.29 Å². The molecule has 1 fully saturated rings. The number of carbonyl (C=O) groups excluding carboxylic acids is 1. The average Bonchev–Trinajstić information content (AvgIpc) is 3.32. The predicted octanol–water partition coefficient (Wildman–Crippen LogP) is 11.8. The molecular weight excluding hydrogens is 827 g/mol. The molecule has 9 nitrogen and oxygen atoms in total. The van der Waals surface area contributed by atoms with E-state index in [0.29, 0.717) is 6.42 Å². The number of aliphatic hydroxyl groups excluding tert-OH is 5. The fraction of sp³-hybridized carbons (Fsp3) is 0.596. The molecular formula is C57H91NO8. The van der Waals surface area contributed by atoms with Gasteiger partial charge < -0.3 is 40.3 Å². The van der Waals surface area contributed by atoms with Crippen LogP contribution in [0.2, 0.25) is 0 Å². The molecule has 1 aliphatic rings. The lowest BCUT2D eigenvalue weighted by Gasteiger charge is -2.40. The Kier molecular flexibility index (Phi) is 41.3. The van der Waals surface area contributed by atoms with Crippen LogP contribution in [0.15, 0.2) is 134 Å². The maximum Gasteiger partial charge on any atom is 0.220 e. The van der Waals surface area contributed by atoms with Crippen LogP contribution in [-0.4, -0.2) is 87.5 Å². The summed E-state index contributed by atoms with van der Waals surface area (Å²) in [6.07, 6.45) is 62.2. The topological polar surface area (TPSA) is 149 Å². The third-order valence-corrected chi connectivity index (χ3v) is 11.0. The summed E-state index contributed by atoms with van der Waals surface area (Å²) >= 11 is 0. The lowest BCUT2D eigenvalue weighted by atomic mass is 9.99. The second-order valence-electron chi connectivity index (χ2n) is 16.9. The highest BCUT2D eigenvalue weighted by molar-refractivity contribution is 5.76. The van der Waals surface area contributed by atoms with Crippen LogP contribution in [-0.2, 0) is 14.3 Å². The van der Waals surface area contributed by atoms with Gasteiger partial charge in [-0.1, -0.05) is 192 Å². The molecule has 1 saturated heterocycles. The number of carbonyl (C=O) groups is 1. The first-order valence-corrected chi connectivity index (χ1v) is 25.4. The molecule has 0 aromatic heterocycles. The number of amides is 1. The van der Waals surface area contributed by atoms with Crippen molar-refractivity contribution in [3.8, 4) is 0 Å². The van der Waals surface area contributed by atoms with Crippen molar-refractivity contribution in [1.82, 2.24) is 5.32 Å². The van der Waals surface area contributed by atoms with Crippen LogP contribution in [0.4, 0.5) is 0 Å². The Bertz CT molecular complexity index is 1480. The van der Waals surface area contributed by atoms with Gasteiger partial charge in [-0.05, 0) is 96.3 Å². The van der Waals surface area contributed by atoms with Gasteiger partial charge in [-0.2, -0.15) is 0 Å².